The zero-order chi connectivity index (χ0) is 13.4. The molecule has 2 heterocycles. The van der Waals surface area contributed by atoms with E-state index in [-0.39, 0.29) is 5.69 Å². The third kappa shape index (κ3) is 2.43. The fourth-order valence-electron chi connectivity index (χ4n) is 3.20. The highest BCUT2D eigenvalue weighted by Gasteiger charge is 2.31. The van der Waals surface area contributed by atoms with Gasteiger partial charge in [0.05, 0.1) is 0 Å². The van der Waals surface area contributed by atoms with E-state index in [1.54, 1.807) is 4.90 Å². The molecule has 2 fully saturated rings. The molecule has 0 radical (unpaired) electrons. The molecular weight excluding hydrogens is 253 g/mol. The third-order valence-electron chi connectivity index (χ3n) is 4.14. The molecule has 2 nitrogen and oxygen atoms in total. The third-order valence-corrected chi connectivity index (χ3v) is 4.14. The SMILES string of the molecule is Fc1cc(F)c(N2CCN3CCCCC3C2)c(F)c1. The summed E-state index contributed by atoms with van der Waals surface area (Å²) in [6.07, 6.45) is 3.44. The number of piperazine rings is 1. The minimum Gasteiger partial charge on any atom is -0.364 e. The van der Waals surface area contributed by atoms with E-state index in [2.05, 4.69) is 4.90 Å². The molecule has 1 aromatic carbocycles. The Labute approximate surface area is 110 Å². The largest absolute Gasteiger partial charge is 0.364 e. The van der Waals surface area contributed by atoms with Crippen molar-refractivity contribution in [2.45, 2.75) is 25.3 Å². The van der Waals surface area contributed by atoms with Crippen LogP contribution in [0.2, 0.25) is 0 Å². The van der Waals surface area contributed by atoms with E-state index in [9.17, 15) is 13.2 Å². The molecule has 0 bridgehead atoms. The first-order valence-electron chi connectivity index (χ1n) is 6.78. The van der Waals surface area contributed by atoms with Crippen LogP contribution in [-0.2, 0) is 0 Å². The number of nitrogens with zero attached hydrogens (tertiary/aromatic N) is 2. The molecule has 2 aliphatic rings. The Morgan fingerprint density at radius 3 is 2.42 bits per heavy atom. The molecule has 1 atom stereocenters. The van der Waals surface area contributed by atoms with Crippen molar-refractivity contribution in [2.75, 3.05) is 31.1 Å². The molecule has 104 valence electrons. The monoisotopic (exact) mass is 270 g/mol. The van der Waals surface area contributed by atoms with Crippen LogP contribution in [0.3, 0.4) is 0 Å². The van der Waals surface area contributed by atoms with Gasteiger partial charge in [0, 0.05) is 37.8 Å². The minimum atomic E-state index is -0.866. The van der Waals surface area contributed by atoms with Crippen LogP contribution in [-0.4, -0.2) is 37.1 Å². The maximum atomic E-state index is 13.8. The van der Waals surface area contributed by atoms with Crippen LogP contribution >= 0.6 is 0 Å². The van der Waals surface area contributed by atoms with Crippen LogP contribution in [0.4, 0.5) is 18.9 Å². The quantitative estimate of drug-likeness (QED) is 0.774. The van der Waals surface area contributed by atoms with E-state index in [4.69, 9.17) is 0 Å². The van der Waals surface area contributed by atoms with Crippen molar-refractivity contribution >= 4 is 5.69 Å². The number of piperidine rings is 1. The lowest BCUT2D eigenvalue weighted by Crippen LogP contribution is -2.55. The molecule has 2 aliphatic heterocycles. The summed E-state index contributed by atoms with van der Waals surface area (Å²) >= 11 is 0. The van der Waals surface area contributed by atoms with E-state index in [1.165, 1.54) is 12.8 Å². The van der Waals surface area contributed by atoms with Crippen molar-refractivity contribution in [1.82, 2.24) is 4.90 Å². The second-order valence-electron chi connectivity index (χ2n) is 5.35. The zero-order valence-electron chi connectivity index (χ0n) is 10.7. The Kier molecular flexibility index (Phi) is 3.39. The fourth-order valence-corrected chi connectivity index (χ4v) is 3.20. The first-order chi connectivity index (χ1) is 9.15. The molecule has 19 heavy (non-hydrogen) atoms. The molecule has 2 saturated heterocycles. The van der Waals surface area contributed by atoms with Gasteiger partial charge in [-0.3, -0.25) is 4.90 Å². The number of hydrogen-bond donors (Lipinski definition) is 0. The number of fused-ring (bicyclic) bond motifs is 1. The van der Waals surface area contributed by atoms with Crippen LogP contribution in [0, 0.1) is 17.5 Å². The van der Waals surface area contributed by atoms with E-state index >= 15 is 0 Å². The highest BCUT2D eigenvalue weighted by molar-refractivity contribution is 5.50. The molecule has 0 aliphatic carbocycles. The summed E-state index contributed by atoms with van der Waals surface area (Å²) in [7, 11) is 0. The summed E-state index contributed by atoms with van der Waals surface area (Å²) in [6.45, 7) is 3.11. The van der Waals surface area contributed by atoms with Gasteiger partial charge < -0.3 is 4.90 Å². The predicted octanol–water partition coefficient (Wildman–Crippen LogP) is 2.78. The van der Waals surface area contributed by atoms with E-state index in [1.807, 2.05) is 0 Å². The van der Waals surface area contributed by atoms with Gasteiger partial charge in [-0.25, -0.2) is 13.2 Å². The highest BCUT2D eigenvalue weighted by Crippen LogP contribution is 2.29. The summed E-state index contributed by atoms with van der Waals surface area (Å²) in [5, 5.41) is 0. The lowest BCUT2D eigenvalue weighted by Gasteiger charge is -2.44. The second-order valence-corrected chi connectivity index (χ2v) is 5.35. The average molecular weight is 270 g/mol. The van der Waals surface area contributed by atoms with Crippen molar-refractivity contribution in [2.24, 2.45) is 0 Å². The molecule has 3 rings (SSSR count). The Morgan fingerprint density at radius 1 is 0.947 bits per heavy atom. The van der Waals surface area contributed by atoms with Crippen molar-refractivity contribution in [1.29, 1.82) is 0 Å². The van der Waals surface area contributed by atoms with Gasteiger partial charge >= 0.3 is 0 Å². The van der Waals surface area contributed by atoms with Crippen molar-refractivity contribution in [3.8, 4) is 0 Å². The first-order valence-corrected chi connectivity index (χ1v) is 6.78. The summed E-state index contributed by atoms with van der Waals surface area (Å²) < 4.78 is 40.5. The summed E-state index contributed by atoms with van der Waals surface area (Å²) in [5.74, 6) is -2.47. The molecule has 0 N–H and O–H groups in total. The topological polar surface area (TPSA) is 6.48 Å². The summed E-state index contributed by atoms with van der Waals surface area (Å²) in [4.78, 5) is 4.11. The summed E-state index contributed by atoms with van der Waals surface area (Å²) in [6, 6.07) is 1.88. The molecular formula is C14H17F3N2. The highest BCUT2D eigenvalue weighted by atomic mass is 19.1. The average Bonchev–Trinajstić information content (AvgIpc) is 2.37. The minimum absolute atomic E-state index is 0.0772. The number of anilines is 1. The standard InChI is InChI=1S/C14H17F3N2/c15-10-7-12(16)14(13(17)8-10)19-6-5-18-4-2-1-3-11(18)9-19/h7-8,11H,1-6,9H2. The molecule has 0 spiro atoms. The number of halogens is 3. The molecule has 1 unspecified atom stereocenters. The maximum Gasteiger partial charge on any atom is 0.152 e. The van der Waals surface area contributed by atoms with Crippen molar-refractivity contribution in [3.05, 3.63) is 29.6 Å². The molecule has 0 aromatic heterocycles. The van der Waals surface area contributed by atoms with Crippen molar-refractivity contribution < 1.29 is 13.2 Å². The number of hydrogen-bond acceptors (Lipinski definition) is 2. The maximum absolute atomic E-state index is 13.8. The van der Waals surface area contributed by atoms with E-state index in [0.29, 0.717) is 19.1 Å². The number of benzene rings is 1. The Bertz CT molecular complexity index is 455. The molecule has 5 heteroatoms. The smallest absolute Gasteiger partial charge is 0.152 e. The van der Waals surface area contributed by atoms with E-state index in [0.717, 1.165) is 31.6 Å². The first kappa shape index (κ1) is 12.8. The van der Waals surface area contributed by atoms with Gasteiger partial charge in [0.25, 0.3) is 0 Å². The molecule has 0 amide bonds. The Morgan fingerprint density at radius 2 is 1.68 bits per heavy atom. The Balaban J connectivity index is 1.83. The van der Waals surface area contributed by atoms with Gasteiger partial charge in [-0.1, -0.05) is 6.42 Å². The van der Waals surface area contributed by atoms with Crippen LogP contribution < -0.4 is 4.90 Å². The van der Waals surface area contributed by atoms with Gasteiger partial charge in [0.15, 0.2) is 11.6 Å². The van der Waals surface area contributed by atoms with Gasteiger partial charge in [0.2, 0.25) is 0 Å². The van der Waals surface area contributed by atoms with Crippen LogP contribution in [0.1, 0.15) is 19.3 Å². The Hall–Kier alpha value is -1.23. The molecule has 1 aromatic rings. The van der Waals surface area contributed by atoms with Gasteiger partial charge in [-0.15, -0.1) is 0 Å². The van der Waals surface area contributed by atoms with Crippen LogP contribution in [0.15, 0.2) is 12.1 Å². The van der Waals surface area contributed by atoms with Gasteiger partial charge in [0.1, 0.15) is 11.5 Å². The van der Waals surface area contributed by atoms with Crippen LogP contribution in [0.5, 0.6) is 0 Å². The second kappa shape index (κ2) is 5.04. The fraction of sp³-hybridized carbons (Fsp3) is 0.571. The summed E-state index contributed by atoms with van der Waals surface area (Å²) in [5.41, 5.74) is -0.0772. The van der Waals surface area contributed by atoms with Crippen molar-refractivity contribution in [3.63, 3.8) is 0 Å². The van der Waals surface area contributed by atoms with Gasteiger partial charge in [-0.05, 0) is 19.4 Å². The predicted molar refractivity (Wildman–Crippen MR) is 67.7 cm³/mol. The number of rotatable bonds is 1. The lowest BCUT2D eigenvalue weighted by atomic mass is 9.99. The molecule has 0 saturated carbocycles. The van der Waals surface area contributed by atoms with Crippen LogP contribution in [0.25, 0.3) is 0 Å². The van der Waals surface area contributed by atoms with E-state index < -0.39 is 17.5 Å². The normalized spacial score (nSPS) is 24.4. The lowest BCUT2D eigenvalue weighted by molar-refractivity contribution is 0.133. The zero-order valence-corrected chi connectivity index (χ0v) is 10.7. The van der Waals surface area contributed by atoms with Gasteiger partial charge in [-0.2, -0.15) is 0 Å².